The summed E-state index contributed by atoms with van der Waals surface area (Å²) in [5, 5.41) is 9.12. The maximum Gasteiger partial charge on any atom is 0.336 e. The summed E-state index contributed by atoms with van der Waals surface area (Å²) in [6.07, 6.45) is 1.34. The summed E-state index contributed by atoms with van der Waals surface area (Å²) >= 11 is 0. The molecular formula is C12H17NO4. The van der Waals surface area contributed by atoms with E-state index >= 15 is 0 Å². The van der Waals surface area contributed by atoms with Crippen LogP contribution in [0.2, 0.25) is 0 Å². The molecule has 0 atom stereocenters. The molecule has 5 nitrogen and oxygen atoms in total. The van der Waals surface area contributed by atoms with Gasteiger partial charge < -0.3 is 20.3 Å². The minimum atomic E-state index is -0.974. The van der Waals surface area contributed by atoms with Crippen LogP contribution in [0.15, 0.2) is 12.1 Å². The molecule has 0 aliphatic carbocycles. The number of hydrogen-bond acceptors (Lipinski definition) is 4. The second kappa shape index (κ2) is 6.10. The van der Waals surface area contributed by atoms with Crippen LogP contribution in [-0.4, -0.2) is 31.8 Å². The molecule has 0 bridgehead atoms. The molecular weight excluding hydrogens is 222 g/mol. The second-order valence-electron chi connectivity index (χ2n) is 3.56. The van der Waals surface area contributed by atoms with Gasteiger partial charge in [0, 0.05) is 0 Å². The van der Waals surface area contributed by atoms with Crippen molar-refractivity contribution in [3.05, 3.63) is 23.3 Å². The van der Waals surface area contributed by atoms with Gasteiger partial charge in [0.2, 0.25) is 0 Å². The highest BCUT2D eigenvalue weighted by molar-refractivity contribution is 5.90. The first-order valence-electron chi connectivity index (χ1n) is 5.32. The number of methoxy groups -OCH3 is 2. The van der Waals surface area contributed by atoms with E-state index < -0.39 is 5.97 Å². The number of ether oxygens (including phenoxy) is 2. The molecule has 1 aromatic rings. The largest absolute Gasteiger partial charge is 0.493 e. The van der Waals surface area contributed by atoms with Crippen LogP contribution < -0.4 is 15.2 Å². The van der Waals surface area contributed by atoms with E-state index in [0.717, 1.165) is 6.42 Å². The predicted octanol–water partition coefficient (Wildman–Crippen LogP) is 1.29. The Balaban J connectivity index is 3.19. The van der Waals surface area contributed by atoms with Crippen LogP contribution in [0.5, 0.6) is 11.5 Å². The van der Waals surface area contributed by atoms with Crippen molar-refractivity contribution in [1.82, 2.24) is 0 Å². The van der Waals surface area contributed by atoms with Gasteiger partial charge >= 0.3 is 5.97 Å². The maximum absolute atomic E-state index is 11.1. The Hall–Kier alpha value is -1.75. The zero-order chi connectivity index (χ0) is 12.8. The average Bonchev–Trinajstić information content (AvgIpc) is 2.34. The summed E-state index contributed by atoms with van der Waals surface area (Å²) in [7, 11) is 2.99. The lowest BCUT2D eigenvalue weighted by Crippen LogP contribution is -2.07. The molecule has 0 aromatic heterocycles. The van der Waals surface area contributed by atoms with Crippen molar-refractivity contribution in [3.63, 3.8) is 0 Å². The van der Waals surface area contributed by atoms with E-state index in [2.05, 4.69) is 0 Å². The van der Waals surface area contributed by atoms with Gasteiger partial charge in [0.25, 0.3) is 0 Å². The molecule has 94 valence electrons. The molecule has 17 heavy (non-hydrogen) atoms. The molecule has 0 fully saturated rings. The van der Waals surface area contributed by atoms with Gasteiger partial charge in [0.05, 0.1) is 19.8 Å². The van der Waals surface area contributed by atoms with Crippen molar-refractivity contribution >= 4 is 5.97 Å². The highest BCUT2D eigenvalue weighted by Crippen LogP contribution is 2.31. The minimum absolute atomic E-state index is 0.233. The number of aromatic carboxylic acids is 1. The van der Waals surface area contributed by atoms with Crippen LogP contribution in [0.25, 0.3) is 0 Å². The molecule has 0 amide bonds. The molecule has 0 unspecified atom stereocenters. The first-order chi connectivity index (χ1) is 8.13. The fourth-order valence-corrected chi connectivity index (χ4v) is 1.62. The lowest BCUT2D eigenvalue weighted by Gasteiger charge is -2.12. The van der Waals surface area contributed by atoms with Gasteiger partial charge in [-0.15, -0.1) is 0 Å². The SMILES string of the molecule is COc1cc(CCCN)c(C(=O)O)cc1OC. The van der Waals surface area contributed by atoms with Gasteiger partial charge in [-0.25, -0.2) is 4.79 Å². The van der Waals surface area contributed by atoms with Gasteiger partial charge in [-0.1, -0.05) is 0 Å². The number of rotatable bonds is 6. The third-order valence-electron chi connectivity index (χ3n) is 2.49. The molecule has 0 radical (unpaired) electrons. The van der Waals surface area contributed by atoms with Crippen LogP contribution >= 0.6 is 0 Å². The summed E-state index contributed by atoms with van der Waals surface area (Å²) < 4.78 is 10.2. The summed E-state index contributed by atoms with van der Waals surface area (Å²) in [4.78, 5) is 11.1. The van der Waals surface area contributed by atoms with E-state index in [0.29, 0.717) is 30.0 Å². The van der Waals surface area contributed by atoms with Crippen LogP contribution in [0.1, 0.15) is 22.3 Å². The molecule has 0 aliphatic heterocycles. The number of benzene rings is 1. The van der Waals surface area contributed by atoms with Crippen LogP contribution in [0.4, 0.5) is 0 Å². The standard InChI is InChI=1S/C12H17NO4/c1-16-10-6-8(4-3-5-13)9(12(14)15)7-11(10)17-2/h6-7H,3-5,13H2,1-2H3,(H,14,15). The van der Waals surface area contributed by atoms with Gasteiger partial charge in [0.1, 0.15) is 0 Å². The quantitative estimate of drug-likeness (QED) is 0.781. The van der Waals surface area contributed by atoms with E-state index in [4.69, 9.17) is 20.3 Å². The lowest BCUT2D eigenvalue weighted by atomic mass is 10.0. The summed E-state index contributed by atoms with van der Waals surface area (Å²) in [5.41, 5.74) is 6.37. The molecule has 1 rings (SSSR count). The number of carboxylic acids is 1. The molecule has 1 aromatic carbocycles. The highest BCUT2D eigenvalue weighted by atomic mass is 16.5. The van der Waals surface area contributed by atoms with Crippen molar-refractivity contribution in [2.75, 3.05) is 20.8 Å². The molecule has 0 heterocycles. The fraction of sp³-hybridized carbons (Fsp3) is 0.417. The third kappa shape index (κ3) is 3.10. The number of carboxylic acid groups (broad SMARTS) is 1. The molecule has 3 N–H and O–H groups in total. The van der Waals surface area contributed by atoms with Crippen molar-refractivity contribution in [2.24, 2.45) is 5.73 Å². The van der Waals surface area contributed by atoms with Gasteiger partial charge in [-0.05, 0) is 37.1 Å². The Morgan fingerprint density at radius 3 is 2.35 bits per heavy atom. The highest BCUT2D eigenvalue weighted by Gasteiger charge is 2.15. The topological polar surface area (TPSA) is 81.8 Å². The van der Waals surface area contributed by atoms with Crippen LogP contribution in [0, 0.1) is 0 Å². The van der Waals surface area contributed by atoms with E-state index in [1.807, 2.05) is 0 Å². The zero-order valence-corrected chi connectivity index (χ0v) is 10.0. The van der Waals surface area contributed by atoms with Gasteiger partial charge in [0.15, 0.2) is 11.5 Å². The van der Waals surface area contributed by atoms with E-state index in [9.17, 15) is 4.79 Å². The summed E-state index contributed by atoms with van der Waals surface area (Å²) in [6, 6.07) is 3.17. The number of hydrogen-bond donors (Lipinski definition) is 2. The second-order valence-corrected chi connectivity index (χ2v) is 3.56. The number of nitrogens with two attached hydrogens (primary N) is 1. The van der Waals surface area contributed by atoms with Gasteiger partial charge in [-0.2, -0.15) is 0 Å². The summed E-state index contributed by atoms with van der Waals surface area (Å²) in [6.45, 7) is 0.521. The molecule has 0 saturated heterocycles. The number of carbonyl (C=O) groups is 1. The van der Waals surface area contributed by atoms with Gasteiger partial charge in [-0.3, -0.25) is 0 Å². The molecule has 0 aliphatic rings. The average molecular weight is 239 g/mol. The molecule has 0 spiro atoms. The van der Waals surface area contributed by atoms with Crippen molar-refractivity contribution in [1.29, 1.82) is 0 Å². The Morgan fingerprint density at radius 1 is 1.29 bits per heavy atom. The zero-order valence-electron chi connectivity index (χ0n) is 10.0. The van der Waals surface area contributed by atoms with Crippen LogP contribution in [-0.2, 0) is 6.42 Å². The van der Waals surface area contributed by atoms with Crippen LogP contribution in [0.3, 0.4) is 0 Å². The molecule has 0 saturated carbocycles. The van der Waals surface area contributed by atoms with E-state index in [1.54, 1.807) is 6.07 Å². The normalized spacial score (nSPS) is 10.1. The van der Waals surface area contributed by atoms with Crippen molar-refractivity contribution < 1.29 is 19.4 Å². The third-order valence-corrected chi connectivity index (χ3v) is 2.49. The predicted molar refractivity (Wildman–Crippen MR) is 63.9 cm³/mol. The Kier molecular flexibility index (Phi) is 4.78. The monoisotopic (exact) mass is 239 g/mol. The Morgan fingerprint density at radius 2 is 1.88 bits per heavy atom. The van der Waals surface area contributed by atoms with E-state index in [-0.39, 0.29) is 5.56 Å². The van der Waals surface area contributed by atoms with Crippen molar-refractivity contribution in [3.8, 4) is 11.5 Å². The number of aryl methyl sites for hydroxylation is 1. The smallest absolute Gasteiger partial charge is 0.336 e. The first-order valence-corrected chi connectivity index (χ1v) is 5.32. The van der Waals surface area contributed by atoms with Crippen molar-refractivity contribution in [2.45, 2.75) is 12.8 Å². The van der Waals surface area contributed by atoms with E-state index in [1.165, 1.54) is 20.3 Å². The fourth-order valence-electron chi connectivity index (χ4n) is 1.62. The Bertz CT molecular complexity index is 404. The minimum Gasteiger partial charge on any atom is -0.493 e. The lowest BCUT2D eigenvalue weighted by molar-refractivity contribution is 0.0695. The first kappa shape index (κ1) is 13.3. The Labute approximate surface area is 100 Å². The maximum atomic E-state index is 11.1. The molecule has 5 heteroatoms. The summed E-state index contributed by atoms with van der Waals surface area (Å²) in [5.74, 6) is -0.0242.